The normalized spacial score (nSPS) is 12.1. The van der Waals surface area contributed by atoms with Crippen molar-refractivity contribution in [2.24, 2.45) is 10.1 Å². The summed E-state index contributed by atoms with van der Waals surface area (Å²) in [4.78, 5) is 39.0. The highest BCUT2D eigenvalue weighted by Gasteiger charge is 2.20. The van der Waals surface area contributed by atoms with Gasteiger partial charge >= 0.3 is 17.9 Å². The van der Waals surface area contributed by atoms with Crippen LogP contribution in [0.2, 0.25) is 0 Å². The van der Waals surface area contributed by atoms with Crippen LogP contribution < -0.4 is 14.2 Å². The number of ether oxygens (including phenoxy) is 6. The molecule has 0 saturated carbocycles. The fraction of sp³-hybridized carbons (Fsp3) is 0.389. The standard InChI is InChI=1S/C54H64FN3O9/c1-4-52(59)64-34-14-8-6-12-32-62-47-26-21-42(22-27-47)19-20-43-25-30-50(67-40-44-23-28-48(29-24-44)63-33-13-7-9-15-35-65-53(60)5-2)46(37-43)39-56-58(31-16-36-66-54(61)41(3)55)51-38-45-17-10-11-18-49(45)57-51/h4-5,10-11,17-18,21-30,37,39,41H,1-2,6-9,12-16,19-20,31-36,38,40H2,3H3/b56-39+. The summed E-state index contributed by atoms with van der Waals surface area (Å²) in [6.45, 7) is 10.8. The predicted molar refractivity (Wildman–Crippen MR) is 259 cm³/mol. The number of amidine groups is 1. The van der Waals surface area contributed by atoms with E-state index in [9.17, 15) is 18.8 Å². The predicted octanol–water partition coefficient (Wildman–Crippen LogP) is 10.6. The first-order valence-electron chi connectivity index (χ1n) is 23.3. The number of halogens is 1. The van der Waals surface area contributed by atoms with Crippen molar-refractivity contribution in [3.63, 3.8) is 0 Å². The van der Waals surface area contributed by atoms with Crippen molar-refractivity contribution in [3.05, 3.63) is 144 Å². The minimum absolute atomic E-state index is 0.0503. The van der Waals surface area contributed by atoms with Gasteiger partial charge in [-0.2, -0.15) is 5.10 Å². The van der Waals surface area contributed by atoms with Gasteiger partial charge in [-0.05, 0) is 136 Å². The molecule has 67 heavy (non-hydrogen) atoms. The van der Waals surface area contributed by atoms with Gasteiger partial charge in [0.15, 0.2) is 6.17 Å². The molecule has 0 bridgehead atoms. The highest BCUT2D eigenvalue weighted by Crippen LogP contribution is 2.28. The van der Waals surface area contributed by atoms with Gasteiger partial charge in [0, 0.05) is 37.1 Å². The lowest BCUT2D eigenvalue weighted by Gasteiger charge is -2.19. The molecule has 1 atom stereocenters. The number of para-hydroxylation sites is 1. The van der Waals surface area contributed by atoms with E-state index in [1.54, 1.807) is 6.21 Å². The molecule has 0 N–H and O–H groups in total. The molecule has 4 aromatic carbocycles. The van der Waals surface area contributed by atoms with Crippen molar-refractivity contribution in [3.8, 4) is 17.2 Å². The minimum atomic E-state index is -1.69. The van der Waals surface area contributed by atoms with Crippen molar-refractivity contribution in [1.82, 2.24) is 5.01 Å². The van der Waals surface area contributed by atoms with Gasteiger partial charge in [0.1, 0.15) is 29.7 Å². The Kier molecular flexibility index (Phi) is 22.2. The molecule has 12 nitrogen and oxygen atoms in total. The largest absolute Gasteiger partial charge is 0.494 e. The number of nitrogens with zero attached hydrogens (tertiary/aromatic N) is 3. The Morgan fingerprint density at radius 1 is 0.672 bits per heavy atom. The number of carbonyl (C=O) groups is 3. The van der Waals surface area contributed by atoms with Gasteiger partial charge in [0.25, 0.3) is 0 Å². The Balaban J connectivity index is 1.20. The number of aryl methyl sites for hydroxylation is 2. The number of carbonyl (C=O) groups excluding carboxylic acids is 3. The number of aliphatic imine (C=N–C) groups is 1. The first-order valence-corrected chi connectivity index (χ1v) is 23.3. The first kappa shape index (κ1) is 51.2. The fourth-order valence-electron chi connectivity index (χ4n) is 6.98. The number of unbranched alkanes of at least 4 members (excludes halogenated alkanes) is 6. The minimum Gasteiger partial charge on any atom is -0.494 e. The molecule has 1 heterocycles. The number of alkyl halides is 1. The van der Waals surface area contributed by atoms with E-state index in [0.717, 1.165) is 116 Å². The van der Waals surface area contributed by atoms with Crippen LogP contribution in [0.15, 0.2) is 126 Å². The van der Waals surface area contributed by atoms with Gasteiger partial charge in [-0.3, -0.25) is 5.01 Å². The molecule has 0 aromatic heterocycles. The van der Waals surface area contributed by atoms with E-state index in [0.29, 0.717) is 58.2 Å². The summed E-state index contributed by atoms with van der Waals surface area (Å²) in [6.07, 6.45) is 12.4. The number of benzene rings is 4. The molecule has 0 radical (unpaired) electrons. The van der Waals surface area contributed by atoms with Crippen LogP contribution >= 0.6 is 0 Å². The first-order chi connectivity index (χ1) is 32.7. The lowest BCUT2D eigenvalue weighted by molar-refractivity contribution is -0.149. The van der Waals surface area contributed by atoms with Crippen LogP contribution in [0.5, 0.6) is 17.2 Å². The Bertz CT molecular complexity index is 2240. The number of hydrogen-bond acceptors (Lipinski definition) is 12. The van der Waals surface area contributed by atoms with Crippen LogP contribution in [0.3, 0.4) is 0 Å². The third kappa shape index (κ3) is 18.9. The molecule has 0 spiro atoms. The topological polar surface area (TPSA) is 135 Å². The average molecular weight is 918 g/mol. The van der Waals surface area contributed by atoms with E-state index in [1.807, 2.05) is 71.7 Å². The van der Waals surface area contributed by atoms with Gasteiger partial charge in [0.05, 0.1) is 44.9 Å². The van der Waals surface area contributed by atoms with Gasteiger partial charge < -0.3 is 28.4 Å². The van der Waals surface area contributed by atoms with E-state index in [4.69, 9.17) is 38.5 Å². The summed E-state index contributed by atoms with van der Waals surface area (Å²) in [5.41, 5.74) is 6.03. The summed E-state index contributed by atoms with van der Waals surface area (Å²) in [5.74, 6) is 1.36. The van der Waals surface area contributed by atoms with Crippen LogP contribution in [0, 0.1) is 0 Å². The molecule has 356 valence electrons. The maximum Gasteiger partial charge on any atom is 0.340 e. The maximum absolute atomic E-state index is 13.5. The maximum atomic E-state index is 13.5. The van der Waals surface area contributed by atoms with Crippen molar-refractivity contribution >= 4 is 35.6 Å². The summed E-state index contributed by atoms with van der Waals surface area (Å²) in [7, 11) is 0. The Morgan fingerprint density at radius 2 is 1.22 bits per heavy atom. The fourth-order valence-corrected chi connectivity index (χ4v) is 6.98. The van der Waals surface area contributed by atoms with Crippen LogP contribution in [-0.4, -0.2) is 80.7 Å². The monoisotopic (exact) mass is 917 g/mol. The second-order valence-electron chi connectivity index (χ2n) is 16.1. The van der Waals surface area contributed by atoms with Crippen molar-refractivity contribution < 1.29 is 47.2 Å². The highest BCUT2D eigenvalue weighted by molar-refractivity contribution is 5.93. The molecule has 5 rings (SSSR count). The van der Waals surface area contributed by atoms with Crippen LogP contribution in [0.4, 0.5) is 10.1 Å². The Morgan fingerprint density at radius 3 is 1.82 bits per heavy atom. The molecule has 1 aliphatic rings. The van der Waals surface area contributed by atoms with Crippen LogP contribution in [-0.2, 0) is 54.5 Å². The quantitative estimate of drug-likeness (QED) is 0.0120. The van der Waals surface area contributed by atoms with E-state index in [1.165, 1.54) is 17.7 Å². The lowest BCUT2D eigenvalue weighted by Crippen LogP contribution is -2.28. The highest BCUT2D eigenvalue weighted by atomic mass is 19.1. The number of hydrazone groups is 1. The smallest absolute Gasteiger partial charge is 0.340 e. The van der Waals surface area contributed by atoms with Crippen molar-refractivity contribution in [1.29, 1.82) is 0 Å². The zero-order chi connectivity index (χ0) is 47.5. The van der Waals surface area contributed by atoms with Crippen LogP contribution in [0.25, 0.3) is 0 Å². The molecule has 0 aliphatic carbocycles. The summed E-state index contributed by atoms with van der Waals surface area (Å²) < 4.78 is 47.0. The zero-order valence-corrected chi connectivity index (χ0v) is 38.7. The number of hydrogen-bond donors (Lipinski definition) is 0. The number of rotatable bonds is 31. The second-order valence-corrected chi connectivity index (χ2v) is 16.1. The van der Waals surface area contributed by atoms with Gasteiger partial charge in [-0.1, -0.05) is 61.7 Å². The van der Waals surface area contributed by atoms with E-state index in [-0.39, 0.29) is 12.6 Å². The Hall–Kier alpha value is -6.76. The van der Waals surface area contributed by atoms with Gasteiger partial charge in [0.2, 0.25) is 0 Å². The van der Waals surface area contributed by atoms with Crippen molar-refractivity contribution in [2.75, 3.05) is 39.6 Å². The van der Waals surface area contributed by atoms with Gasteiger partial charge in [-0.15, -0.1) is 0 Å². The molecule has 13 heteroatoms. The zero-order valence-electron chi connectivity index (χ0n) is 38.7. The van der Waals surface area contributed by atoms with Crippen LogP contribution in [0.1, 0.15) is 92.5 Å². The lowest BCUT2D eigenvalue weighted by atomic mass is 10.0. The SMILES string of the molecule is C=CC(=O)OCCCCCCOc1ccc(CCc2ccc(OCc3ccc(OCCCCCCOC(=O)C=C)cc3)c(/C=N/N(CCCOC(=O)C(C)F)C3=Nc4ccccc4C3)c2)cc1. The van der Waals surface area contributed by atoms with E-state index in [2.05, 4.69) is 37.4 Å². The van der Waals surface area contributed by atoms with E-state index < -0.39 is 18.1 Å². The molecule has 0 saturated heterocycles. The third-order valence-electron chi connectivity index (χ3n) is 10.8. The number of esters is 3. The van der Waals surface area contributed by atoms with Gasteiger partial charge in [-0.25, -0.2) is 23.8 Å². The molecule has 1 unspecified atom stereocenters. The molecular weight excluding hydrogens is 854 g/mol. The summed E-state index contributed by atoms with van der Waals surface area (Å²) in [6, 6.07) is 30.2. The molecule has 0 amide bonds. The summed E-state index contributed by atoms with van der Waals surface area (Å²) >= 11 is 0. The average Bonchev–Trinajstić information content (AvgIpc) is 3.79. The third-order valence-corrected chi connectivity index (χ3v) is 10.8. The van der Waals surface area contributed by atoms with E-state index >= 15 is 0 Å². The molecule has 0 fully saturated rings. The number of fused-ring (bicyclic) bond motifs is 1. The van der Waals surface area contributed by atoms with Crippen molar-refractivity contribution in [2.45, 2.75) is 96.8 Å². The molecular formula is C54H64FN3O9. The summed E-state index contributed by atoms with van der Waals surface area (Å²) in [5, 5.41) is 6.76. The Labute approximate surface area is 394 Å². The molecule has 1 aliphatic heterocycles. The second kappa shape index (κ2) is 29.0. The molecule has 4 aromatic rings.